The molecule has 1 fully saturated rings. The minimum atomic E-state index is -0.307. The topological polar surface area (TPSA) is 78.0 Å². The van der Waals surface area contributed by atoms with Gasteiger partial charge in [0.25, 0.3) is 0 Å². The van der Waals surface area contributed by atoms with Crippen LogP contribution in [0, 0.1) is 18.3 Å². The molecule has 2 aromatic heterocycles. The van der Waals surface area contributed by atoms with Crippen LogP contribution in [0.5, 0.6) is 0 Å². The summed E-state index contributed by atoms with van der Waals surface area (Å²) in [7, 11) is 1.69. The number of piperazine rings is 1. The highest BCUT2D eigenvalue weighted by Crippen LogP contribution is 2.33. The molecule has 7 nitrogen and oxygen atoms in total. The molecule has 0 spiro atoms. The molecule has 1 saturated heterocycles. The smallest absolute Gasteiger partial charge is 0.349 e. The second-order valence-corrected chi connectivity index (χ2v) is 9.18. The SMILES string of the molecule is CCCC1CN(c2nc(=O)n(C)c3ccc(C#N)nc23)C(C)CN1C(C)c1ccc(C)cc1. The Hall–Kier alpha value is -3.24. The van der Waals surface area contributed by atoms with Crippen LogP contribution in [-0.2, 0) is 7.05 Å². The minimum Gasteiger partial charge on any atom is -0.349 e. The first kappa shape index (κ1) is 22.9. The van der Waals surface area contributed by atoms with E-state index < -0.39 is 0 Å². The molecule has 33 heavy (non-hydrogen) atoms. The van der Waals surface area contributed by atoms with Gasteiger partial charge in [0.1, 0.15) is 17.3 Å². The third kappa shape index (κ3) is 4.36. The van der Waals surface area contributed by atoms with Gasteiger partial charge in [0.2, 0.25) is 0 Å². The molecule has 3 heterocycles. The highest BCUT2D eigenvalue weighted by atomic mass is 16.1. The van der Waals surface area contributed by atoms with Crippen molar-refractivity contribution in [2.75, 3.05) is 18.0 Å². The van der Waals surface area contributed by atoms with Gasteiger partial charge in [-0.1, -0.05) is 43.2 Å². The van der Waals surface area contributed by atoms with Crippen LogP contribution < -0.4 is 10.6 Å². The zero-order valence-electron chi connectivity index (χ0n) is 20.1. The summed E-state index contributed by atoms with van der Waals surface area (Å²) in [5.41, 5.74) is 3.91. The Balaban J connectivity index is 1.73. The summed E-state index contributed by atoms with van der Waals surface area (Å²) in [4.78, 5) is 26.5. The van der Waals surface area contributed by atoms with Crippen molar-refractivity contribution in [2.24, 2.45) is 7.05 Å². The Labute approximate surface area is 195 Å². The zero-order chi connectivity index (χ0) is 23.7. The summed E-state index contributed by atoms with van der Waals surface area (Å²) < 4.78 is 1.50. The summed E-state index contributed by atoms with van der Waals surface area (Å²) in [6, 6.07) is 15.1. The average Bonchev–Trinajstić information content (AvgIpc) is 2.82. The fraction of sp³-hybridized carbons (Fsp3) is 0.462. The van der Waals surface area contributed by atoms with Gasteiger partial charge in [0, 0.05) is 38.3 Å². The lowest BCUT2D eigenvalue weighted by Gasteiger charge is -2.48. The Bertz CT molecular complexity index is 1240. The third-order valence-electron chi connectivity index (χ3n) is 6.88. The van der Waals surface area contributed by atoms with E-state index in [1.165, 1.54) is 15.7 Å². The number of pyridine rings is 1. The number of nitriles is 1. The van der Waals surface area contributed by atoms with Crippen LogP contribution in [0.4, 0.5) is 5.82 Å². The van der Waals surface area contributed by atoms with E-state index in [2.05, 4.69) is 77.8 Å². The van der Waals surface area contributed by atoms with Gasteiger partial charge in [-0.15, -0.1) is 0 Å². The molecule has 3 aromatic rings. The van der Waals surface area contributed by atoms with Gasteiger partial charge >= 0.3 is 5.69 Å². The van der Waals surface area contributed by atoms with Gasteiger partial charge < -0.3 is 4.90 Å². The van der Waals surface area contributed by atoms with Crippen molar-refractivity contribution in [1.82, 2.24) is 19.4 Å². The third-order valence-corrected chi connectivity index (χ3v) is 6.88. The monoisotopic (exact) mass is 444 g/mol. The highest BCUT2D eigenvalue weighted by molar-refractivity contribution is 5.86. The fourth-order valence-electron chi connectivity index (χ4n) is 4.93. The van der Waals surface area contributed by atoms with Gasteiger partial charge in [-0.05, 0) is 44.9 Å². The molecule has 0 N–H and O–H groups in total. The van der Waals surface area contributed by atoms with Crippen molar-refractivity contribution in [1.29, 1.82) is 5.26 Å². The van der Waals surface area contributed by atoms with Gasteiger partial charge in [-0.3, -0.25) is 9.47 Å². The molecule has 1 aliphatic heterocycles. The number of hydrogen-bond acceptors (Lipinski definition) is 6. The van der Waals surface area contributed by atoms with Gasteiger partial charge in [0.15, 0.2) is 5.82 Å². The molecule has 0 saturated carbocycles. The second kappa shape index (κ2) is 9.32. The average molecular weight is 445 g/mol. The van der Waals surface area contributed by atoms with Crippen LogP contribution in [-0.4, -0.2) is 44.6 Å². The first-order chi connectivity index (χ1) is 15.8. The summed E-state index contributed by atoms with van der Waals surface area (Å²) in [6.45, 7) is 10.4. The molecule has 0 radical (unpaired) electrons. The summed E-state index contributed by atoms with van der Waals surface area (Å²) in [5, 5.41) is 9.39. The van der Waals surface area contributed by atoms with E-state index in [4.69, 9.17) is 0 Å². The maximum Gasteiger partial charge on any atom is 0.349 e. The molecule has 1 aromatic carbocycles. The number of fused-ring (bicyclic) bond motifs is 1. The van der Waals surface area contributed by atoms with Crippen LogP contribution in [0.3, 0.4) is 0 Å². The van der Waals surface area contributed by atoms with Crippen molar-refractivity contribution >= 4 is 16.9 Å². The molecule has 4 rings (SSSR count). The second-order valence-electron chi connectivity index (χ2n) is 9.18. The van der Waals surface area contributed by atoms with Crippen molar-refractivity contribution < 1.29 is 0 Å². The molecule has 7 heteroatoms. The normalized spacial score (nSPS) is 20.1. The van der Waals surface area contributed by atoms with Crippen molar-refractivity contribution in [3.05, 3.63) is 63.7 Å². The number of rotatable bonds is 5. The van der Waals surface area contributed by atoms with E-state index in [9.17, 15) is 10.1 Å². The molecule has 172 valence electrons. The number of anilines is 1. The van der Waals surface area contributed by atoms with E-state index in [0.717, 1.165) is 25.9 Å². The van der Waals surface area contributed by atoms with E-state index >= 15 is 0 Å². The number of aryl methyl sites for hydroxylation is 2. The van der Waals surface area contributed by atoms with E-state index in [1.807, 2.05) is 0 Å². The van der Waals surface area contributed by atoms with Gasteiger partial charge in [-0.2, -0.15) is 10.2 Å². The Morgan fingerprint density at radius 3 is 2.55 bits per heavy atom. The van der Waals surface area contributed by atoms with Gasteiger partial charge in [0.05, 0.1) is 5.52 Å². The van der Waals surface area contributed by atoms with E-state index in [1.54, 1.807) is 19.2 Å². The first-order valence-corrected chi connectivity index (χ1v) is 11.7. The maximum atomic E-state index is 12.7. The Morgan fingerprint density at radius 2 is 1.88 bits per heavy atom. The van der Waals surface area contributed by atoms with Crippen LogP contribution >= 0.6 is 0 Å². The Kier molecular flexibility index (Phi) is 6.48. The number of hydrogen-bond donors (Lipinski definition) is 0. The molecule has 0 amide bonds. The summed E-state index contributed by atoms with van der Waals surface area (Å²) >= 11 is 0. The van der Waals surface area contributed by atoms with Crippen LogP contribution in [0.1, 0.15) is 56.5 Å². The molecule has 3 atom stereocenters. The lowest BCUT2D eigenvalue weighted by molar-refractivity contribution is 0.102. The van der Waals surface area contributed by atoms with Crippen molar-refractivity contribution in [3.63, 3.8) is 0 Å². The number of nitrogens with zero attached hydrogens (tertiary/aromatic N) is 6. The quantitative estimate of drug-likeness (QED) is 0.593. The molecular weight excluding hydrogens is 412 g/mol. The highest BCUT2D eigenvalue weighted by Gasteiger charge is 2.36. The summed E-state index contributed by atoms with van der Waals surface area (Å²) in [5.74, 6) is 0.585. The van der Waals surface area contributed by atoms with Crippen LogP contribution in [0.2, 0.25) is 0 Å². The van der Waals surface area contributed by atoms with Gasteiger partial charge in [-0.25, -0.2) is 9.78 Å². The predicted molar refractivity (Wildman–Crippen MR) is 131 cm³/mol. The summed E-state index contributed by atoms with van der Waals surface area (Å²) in [6.07, 6.45) is 2.13. The van der Waals surface area contributed by atoms with Crippen LogP contribution in [0.25, 0.3) is 11.0 Å². The minimum absolute atomic E-state index is 0.140. The van der Waals surface area contributed by atoms with E-state index in [-0.39, 0.29) is 11.7 Å². The molecular formula is C26H32N6O. The maximum absolute atomic E-state index is 12.7. The number of benzene rings is 1. The lowest BCUT2D eigenvalue weighted by atomic mass is 9.97. The zero-order valence-corrected chi connectivity index (χ0v) is 20.1. The van der Waals surface area contributed by atoms with Crippen molar-refractivity contribution in [2.45, 2.75) is 58.7 Å². The molecule has 3 unspecified atom stereocenters. The standard InChI is InChI=1S/C26H32N6O/c1-6-7-22-16-31(18(3)15-32(22)19(4)20-10-8-17(2)9-11-20)25-24-23(30(5)26(33)29-25)13-12-21(14-27)28-24/h8-13,18-19,22H,6-7,15-16H2,1-5H3. The van der Waals surface area contributed by atoms with E-state index in [0.29, 0.717) is 34.6 Å². The Morgan fingerprint density at radius 1 is 1.15 bits per heavy atom. The molecule has 1 aliphatic rings. The fourth-order valence-corrected chi connectivity index (χ4v) is 4.93. The molecule has 0 bridgehead atoms. The first-order valence-electron chi connectivity index (χ1n) is 11.7. The lowest BCUT2D eigenvalue weighted by Crippen LogP contribution is -2.58. The van der Waals surface area contributed by atoms with Crippen molar-refractivity contribution in [3.8, 4) is 6.07 Å². The number of aromatic nitrogens is 3. The largest absolute Gasteiger partial charge is 0.349 e. The predicted octanol–water partition coefficient (Wildman–Crippen LogP) is 3.95. The molecule has 0 aliphatic carbocycles. The van der Waals surface area contributed by atoms with Crippen LogP contribution in [0.15, 0.2) is 41.2 Å².